The number of nitrogens with zero attached hydrogens (tertiary/aromatic N) is 3. The third kappa shape index (κ3) is 2.66. The van der Waals surface area contributed by atoms with Crippen LogP contribution in [0, 0.1) is 5.92 Å². The lowest BCUT2D eigenvalue weighted by atomic mass is 10.1. The maximum absolute atomic E-state index is 11.7. The van der Waals surface area contributed by atoms with Crippen molar-refractivity contribution in [1.29, 1.82) is 0 Å². The molecule has 0 aliphatic carbocycles. The number of hydrogen-bond acceptors (Lipinski definition) is 6. The van der Waals surface area contributed by atoms with Crippen LogP contribution in [0.2, 0.25) is 0 Å². The third-order valence-corrected chi connectivity index (χ3v) is 3.62. The molecule has 2 heterocycles. The molecule has 1 aromatic rings. The Balaban J connectivity index is 1.99. The Labute approximate surface area is 109 Å². The first-order chi connectivity index (χ1) is 8.61. The topological polar surface area (TPSA) is 75.2 Å². The highest BCUT2D eigenvalue weighted by Crippen LogP contribution is 2.23. The van der Waals surface area contributed by atoms with Crippen LogP contribution in [0.15, 0.2) is 0 Å². The van der Waals surface area contributed by atoms with Gasteiger partial charge in [0, 0.05) is 18.9 Å². The van der Waals surface area contributed by atoms with Crippen molar-refractivity contribution in [2.75, 3.05) is 11.9 Å². The number of anilines is 1. The van der Waals surface area contributed by atoms with E-state index < -0.39 is 0 Å². The SMILES string of the molecule is CCCNc1nnc(CN2C(=O)CC(C)C2=O)s1. The first-order valence-corrected chi connectivity index (χ1v) is 6.84. The van der Waals surface area contributed by atoms with Gasteiger partial charge in [-0.2, -0.15) is 0 Å². The van der Waals surface area contributed by atoms with Crippen LogP contribution in [0.5, 0.6) is 0 Å². The van der Waals surface area contributed by atoms with E-state index in [9.17, 15) is 9.59 Å². The number of hydrogen-bond donors (Lipinski definition) is 1. The summed E-state index contributed by atoms with van der Waals surface area (Å²) in [6.07, 6.45) is 1.31. The van der Waals surface area contributed by atoms with E-state index in [0.717, 1.165) is 18.1 Å². The number of likely N-dealkylation sites (tertiary alicyclic amines) is 1. The van der Waals surface area contributed by atoms with Gasteiger partial charge in [0.25, 0.3) is 0 Å². The molecular formula is C11H16N4O2S. The molecule has 2 rings (SSSR count). The van der Waals surface area contributed by atoms with Crippen molar-refractivity contribution in [1.82, 2.24) is 15.1 Å². The highest BCUT2D eigenvalue weighted by atomic mass is 32.1. The van der Waals surface area contributed by atoms with Gasteiger partial charge in [-0.15, -0.1) is 10.2 Å². The monoisotopic (exact) mass is 268 g/mol. The van der Waals surface area contributed by atoms with Crippen molar-refractivity contribution in [3.8, 4) is 0 Å². The van der Waals surface area contributed by atoms with Gasteiger partial charge >= 0.3 is 0 Å². The first kappa shape index (κ1) is 12.9. The fraction of sp³-hybridized carbons (Fsp3) is 0.636. The van der Waals surface area contributed by atoms with Crippen LogP contribution in [0.3, 0.4) is 0 Å². The highest BCUT2D eigenvalue weighted by Gasteiger charge is 2.35. The van der Waals surface area contributed by atoms with Crippen molar-refractivity contribution >= 4 is 28.3 Å². The average molecular weight is 268 g/mol. The Morgan fingerprint density at radius 1 is 1.44 bits per heavy atom. The number of carbonyl (C=O) groups is 2. The molecule has 6 nitrogen and oxygen atoms in total. The van der Waals surface area contributed by atoms with Gasteiger partial charge in [0.05, 0.1) is 6.54 Å². The van der Waals surface area contributed by atoms with Crippen LogP contribution in [0.1, 0.15) is 31.7 Å². The normalized spacial score (nSPS) is 19.7. The van der Waals surface area contributed by atoms with E-state index in [-0.39, 0.29) is 24.3 Å². The van der Waals surface area contributed by atoms with Gasteiger partial charge in [-0.1, -0.05) is 25.2 Å². The second-order valence-electron chi connectivity index (χ2n) is 4.35. The van der Waals surface area contributed by atoms with Crippen molar-refractivity contribution in [3.63, 3.8) is 0 Å². The van der Waals surface area contributed by atoms with Crippen LogP contribution in [-0.2, 0) is 16.1 Å². The Bertz CT molecular complexity index is 460. The first-order valence-electron chi connectivity index (χ1n) is 6.02. The maximum Gasteiger partial charge on any atom is 0.232 e. The molecule has 0 saturated carbocycles. The lowest BCUT2D eigenvalue weighted by Gasteiger charge is -2.11. The molecule has 1 saturated heterocycles. The number of imide groups is 1. The van der Waals surface area contributed by atoms with E-state index in [0.29, 0.717) is 11.4 Å². The number of rotatable bonds is 5. The van der Waals surface area contributed by atoms with Gasteiger partial charge in [-0.3, -0.25) is 14.5 Å². The summed E-state index contributed by atoms with van der Waals surface area (Å²) < 4.78 is 0. The minimum absolute atomic E-state index is 0.113. The Kier molecular flexibility index (Phi) is 3.90. The molecule has 98 valence electrons. The van der Waals surface area contributed by atoms with Crippen LogP contribution in [0.25, 0.3) is 0 Å². The molecule has 7 heteroatoms. The van der Waals surface area contributed by atoms with Gasteiger partial charge in [0.15, 0.2) is 0 Å². The summed E-state index contributed by atoms with van der Waals surface area (Å²) in [5.41, 5.74) is 0. The van der Waals surface area contributed by atoms with Crippen molar-refractivity contribution in [3.05, 3.63) is 5.01 Å². The van der Waals surface area contributed by atoms with E-state index in [2.05, 4.69) is 22.4 Å². The zero-order chi connectivity index (χ0) is 13.1. The van der Waals surface area contributed by atoms with Crippen molar-refractivity contribution in [2.24, 2.45) is 5.92 Å². The standard InChI is InChI=1S/C11H16N4O2S/c1-3-4-12-11-14-13-8(18-11)6-15-9(16)5-7(2)10(15)17/h7H,3-6H2,1-2H3,(H,12,14). The maximum atomic E-state index is 11.7. The molecule has 1 atom stereocenters. The molecule has 0 bridgehead atoms. The Morgan fingerprint density at radius 2 is 2.22 bits per heavy atom. The zero-order valence-electron chi connectivity index (χ0n) is 10.5. The van der Waals surface area contributed by atoms with E-state index in [1.165, 1.54) is 16.2 Å². The molecule has 0 spiro atoms. The number of aromatic nitrogens is 2. The Morgan fingerprint density at radius 3 is 2.83 bits per heavy atom. The lowest BCUT2D eigenvalue weighted by molar-refractivity contribution is -0.139. The summed E-state index contributed by atoms with van der Waals surface area (Å²) in [6.45, 7) is 4.92. The molecule has 1 fully saturated rings. The summed E-state index contributed by atoms with van der Waals surface area (Å²) in [6, 6.07) is 0. The number of carbonyl (C=O) groups excluding carboxylic acids is 2. The summed E-state index contributed by atoms with van der Waals surface area (Å²) in [5.74, 6) is -0.438. The summed E-state index contributed by atoms with van der Waals surface area (Å²) in [5, 5.41) is 12.5. The molecule has 1 N–H and O–H groups in total. The molecule has 2 amide bonds. The largest absolute Gasteiger partial charge is 0.360 e. The van der Waals surface area contributed by atoms with Crippen LogP contribution < -0.4 is 5.32 Å². The van der Waals surface area contributed by atoms with Gasteiger partial charge in [-0.25, -0.2) is 0 Å². The average Bonchev–Trinajstić information content (AvgIpc) is 2.88. The van der Waals surface area contributed by atoms with E-state index >= 15 is 0 Å². The predicted octanol–water partition coefficient (Wildman–Crippen LogP) is 1.25. The van der Waals surface area contributed by atoms with Crippen LogP contribution in [-0.4, -0.2) is 33.5 Å². The van der Waals surface area contributed by atoms with Gasteiger partial charge in [-0.05, 0) is 6.42 Å². The fourth-order valence-electron chi connectivity index (χ4n) is 1.77. The van der Waals surface area contributed by atoms with Gasteiger partial charge in [0.2, 0.25) is 16.9 Å². The molecule has 0 aromatic carbocycles. The summed E-state index contributed by atoms with van der Waals surface area (Å²) in [7, 11) is 0. The molecular weight excluding hydrogens is 252 g/mol. The minimum atomic E-state index is -0.205. The quantitative estimate of drug-likeness (QED) is 0.814. The molecule has 1 aliphatic heterocycles. The van der Waals surface area contributed by atoms with E-state index in [1.807, 2.05) is 0 Å². The van der Waals surface area contributed by atoms with E-state index in [4.69, 9.17) is 0 Å². The molecule has 18 heavy (non-hydrogen) atoms. The smallest absolute Gasteiger partial charge is 0.232 e. The number of amides is 2. The van der Waals surface area contributed by atoms with Gasteiger partial charge in [0.1, 0.15) is 5.01 Å². The van der Waals surface area contributed by atoms with Crippen molar-refractivity contribution in [2.45, 2.75) is 33.2 Å². The van der Waals surface area contributed by atoms with Gasteiger partial charge < -0.3 is 5.32 Å². The highest BCUT2D eigenvalue weighted by molar-refractivity contribution is 7.15. The molecule has 1 unspecified atom stereocenters. The summed E-state index contributed by atoms with van der Waals surface area (Å²) >= 11 is 1.39. The molecule has 0 radical (unpaired) electrons. The van der Waals surface area contributed by atoms with Crippen LogP contribution >= 0.6 is 11.3 Å². The Hall–Kier alpha value is -1.50. The predicted molar refractivity (Wildman–Crippen MR) is 68.0 cm³/mol. The van der Waals surface area contributed by atoms with Crippen LogP contribution in [0.4, 0.5) is 5.13 Å². The second kappa shape index (κ2) is 5.43. The second-order valence-corrected chi connectivity index (χ2v) is 5.41. The van der Waals surface area contributed by atoms with E-state index in [1.54, 1.807) is 6.92 Å². The molecule has 1 aromatic heterocycles. The minimum Gasteiger partial charge on any atom is -0.360 e. The lowest BCUT2D eigenvalue weighted by Crippen LogP contribution is -2.29. The fourth-order valence-corrected chi connectivity index (χ4v) is 2.52. The summed E-state index contributed by atoms with van der Waals surface area (Å²) in [4.78, 5) is 24.6. The zero-order valence-corrected chi connectivity index (χ0v) is 11.3. The third-order valence-electron chi connectivity index (χ3n) is 2.76. The van der Waals surface area contributed by atoms with Crippen molar-refractivity contribution < 1.29 is 9.59 Å². The number of nitrogens with one attached hydrogen (secondary N) is 1. The molecule has 1 aliphatic rings.